The number of carbonyl (C=O) groups is 1. The maximum atomic E-state index is 12.6. The lowest BCUT2D eigenvalue weighted by atomic mass is 9.95. The van der Waals surface area contributed by atoms with Crippen molar-refractivity contribution in [2.24, 2.45) is 0 Å². The Morgan fingerprint density at radius 2 is 1.94 bits per heavy atom. The van der Waals surface area contributed by atoms with Crippen molar-refractivity contribution in [2.75, 3.05) is 25.2 Å². The summed E-state index contributed by atoms with van der Waals surface area (Å²) in [7, 11) is 1.63. The second-order valence-corrected chi connectivity index (χ2v) is 9.18. The van der Waals surface area contributed by atoms with E-state index in [9.17, 15) is 14.7 Å². The smallest absolute Gasteiger partial charge is 0.341 e. The molecular formula is C25H29N5O4. The maximum Gasteiger partial charge on any atom is 0.341 e. The lowest BCUT2D eigenvalue weighted by Gasteiger charge is -2.38. The molecule has 2 N–H and O–H groups in total. The van der Waals surface area contributed by atoms with Gasteiger partial charge in [0.2, 0.25) is 0 Å². The van der Waals surface area contributed by atoms with Crippen LogP contribution in [-0.2, 0) is 6.54 Å². The van der Waals surface area contributed by atoms with Gasteiger partial charge >= 0.3 is 5.97 Å². The van der Waals surface area contributed by atoms with Gasteiger partial charge in [-0.15, -0.1) is 0 Å². The third-order valence-electron chi connectivity index (χ3n) is 6.76. The van der Waals surface area contributed by atoms with E-state index in [1.807, 2.05) is 26.1 Å². The highest BCUT2D eigenvalue weighted by molar-refractivity contribution is 5.88. The van der Waals surface area contributed by atoms with Crippen LogP contribution < -0.4 is 20.5 Å². The molecule has 0 radical (unpaired) electrons. The molecule has 1 saturated heterocycles. The summed E-state index contributed by atoms with van der Waals surface area (Å²) in [5, 5.41) is 19.5. The molecule has 9 heteroatoms. The summed E-state index contributed by atoms with van der Waals surface area (Å²) >= 11 is 0. The summed E-state index contributed by atoms with van der Waals surface area (Å²) in [6.45, 7) is 6.65. The standard InChI is InChI=1S/C25H29N5O4/c1-15(2)29-13-16-8-20(17-11-27-28(12-17)18-4-6-26-7-5-18)24(34-3)9-19(16)22-10-23(31)21(25(32)33)14-30(22)29/h8-12,14-15,18,26H,4-7,13H2,1-3H3,(H,32,33). The van der Waals surface area contributed by atoms with Crippen LogP contribution in [0.3, 0.4) is 0 Å². The van der Waals surface area contributed by atoms with Crippen molar-refractivity contribution >= 4 is 5.97 Å². The first-order valence-corrected chi connectivity index (χ1v) is 11.6. The molecule has 0 amide bonds. The first kappa shape index (κ1) is 22.2. The number of aromatic carboxylic acids is 1. The van der Waals surface area contributed by atoms with Crippen LogP contribution in [0.25, 0.3) is 22.4 Å². The van der Waals surface area contributed by atoms with Crippen LogP contribution >= 0.6 is 0 Å². The van der Waals surface area contributed by atoms with Gasteiger partial charge in [-0.2, -0.15) is 5.10 Å². The van der Waals surface area contributed by atoms with E-state index in [2.05, 4.69) is 32.4 Å². The van der Waals surface area contributed by atoms with Gasteiger partial charge in [0.25, 0.3) is 0 Å². The van der Waals surface area contributed by atoms with Crippen molar-refractivity contribution in [3.8, 4) is 28.1 Å². The Kier molecular flexibility index (Phi) is 5.65. The third kappa shape index (κ3) is 3.75. The molecule has 2 aliphatic heterocycles. The minimum atomic E-state index is -1.23. The van der Waals surface area contributed by atoms with Gasteiger partial charge in [0.05, 0.1) is 31.6 Å². The molecule has 0 bridgehead atoms. The van der Waals surface area contributed by atoms with Crippen LogP contribution in [0.1, 0.15) is 48.7 Å². The summed E-state index contributed by atoms with van der Waals surface area (Å²) in [6, 6.07) is 5.93. The Balaban J connectivity index is 1.62. The van der Waals surface area contributed by atoms with E-state index < -0.39 is 11.4 Å². The van der Waals surface area contributed by atoms with Crippen molar-refractivity contribution in [3.63, 3.8) is 0 Å². The first-order valence-electron chi connectivity index (χ1n) is 11.6. The summed E-state index contributed by atoms with van der Waals surface area (Å²) < 4.78 is 9.60. The quantitative estimate of drug-likeness (QED) is 0.600. The van der Waals surface area contributed by atoms with E-state index in [1.54, 1.807) is 11.8 Å². The number of methoxy groups -OCH3 is 1. The molecule has 9 nitrogen and oxygen atoms in total. The Hall–Kier alpha value is -3.59. The second-order valence-electron chi connectivity index (χ2n) is 9.18. The molecule has 34 heavy (non-hydrogen) atoms. The molecule has 2 aliphatic rings. The molecule has 0 aliphatic carbocycles. The highest BCUT2D eigenvalue weighted by Gasteiger charge is 2.27. The van der Waals surface area contributed by atoms with Gasteiger partial charge in [-0.1, -0.05) is 0 Å². The SMILES string of the molecule is COc1cc2c(cc1-c1cnn(C3CCNCC3)c1)CN(C(C)C)n1cc(C(=O)O)c(=O)cc1-2. The number of pyridine rings is 1. The fraction of sp³-hybridized carbons (Fsp3) is 0.400. The number of piperidine rings is 1. The van der Waals surface area contributed by atoms with E-state index in [1.165, 1.54) is 12.3 Å². The summed E-state index contributed by atoms with van der Waals surface area (Å²) in [6.07, 6.45) is 7.49. The molecule has 0 atom stereocenters. The first-order chi connectivity index (χ1) is 16.4. The summed E-state index contributed by atoms with van der Waals surface area (Å²) in [4.78, 5) is 24.1. The van der Waals surface area contributed by atoms with E-state index in [4.69, 9.17) is 4.74 Å². The number of carboxylic acid groups (broad SMARTS) is 1. The lowest BCUT2D eigenvalue weighted by molar-refractivity contribution is 0.0694. The molecule has 3 aromatic rings. The molecule has 4 heterocycles. The van der Waals surface area contributed by atoms with Crippen LogP contribution in [-0.4, -0.2) is 51.8 Å². The van der Waals surface area contributed by atoms with Gasteiger partial charge in [-0.25, -0.2) is 4.79 Å². The number of benzene rings is 1. The molecule has 2 aromatic heterocycles. The van der Waals surface area contributed by atoms with Crippen molar-refractivity contribution in [2.45, 2.75) is 45.3 Å². The van der Waals surface area contributed by atoms with Crippen LogP contribution in [0.4, 0.5) is 0 Å². The summed E-state index contributed by atoms with van der Waals surface area (Å²) in [5.74, 6) is -0.545. The zero-order chi connectivity index (χ0) is 24.0. The molecule has 1 aromatic carbocycles. The van der Waals surface area contributed by atoms with E-state index >= 15 is 0 Å². The van der Waals surface area contributed by atoms with Crippen molar-refractivity contribution in [1.29, 1.82) is 0 Å². The van der Waals surface area contributed by atoms with Crippen molar-refractivity contribution < 1.29 is 14.6 Å². The fourth-order valence-electron chi connectivity index (χ4n) is 4.92. The van der Waals surface area contributed by atoms with Crippen LogP contribution in [0.2, 0.25) is 0 Å². The molecule has 0 saturated carbocycles. The van der Waals surface area contributed by atoms with Crippen molar-refractivity contribution in [3.05, 3.63) is 58.1 Å². The van der Waals surface area contributed by atoms with Gasteiger partial charge in [-0.3, -0.25) is 14.2 Å². The second kappa shape index (κ2) is 8.64. The van der Waals surface area contributed by atoms with E-state index in [0.29, 0.717) is 24.0 Å². The van der Waals surface area contributed by atoms with Gasteiger partial charge < -0.3 is 20.2 Å². The Morgan fingerprint density at radius 1 is 1.18 bits per heavy atom. The fourth-order valence-corrected chi connectivity index (χ4v) is 4.92. The largest absolute Gasteiger partial charge is 0.496 e. The number of fused-ring (bicyclic) bond motifs is 3. The molecule has 0 spiro atoms. The van der Waals surface area contributed by atoms with Crippen molar-refractivity contribution in [1.82, 2.24) is 19.8 Å². The molecule has 1 fully saturated rings. The molecule has 5 rings (SSSR count). The normalized spacial score (nSPS) is 15.8. The molecule has 178 valence electrons. The molecular weight excluding hydrogens is 434 g/mol. The lowest BCUT2D eigenvalue weighted by Crippen LogP contribution is -2.44. The predicted octanol–water partition coefficient (Wildman–Crippen LogP) is 2.87. The molecule has 0 unspecified atom stereocenters. The Labute approximate surface area is 197 Å². The highest BCUT2D eigenvalue weighted by atomic mass is 16.5. The number of hydrogen-bond acceptors (Lipinski definition) is 6. The average molecular weight is 464 g/mol. The number of nitrogens with one attached hydrogen (secondary N) is 1. The monoisotopic (exact) mass is 463 g/mol. The number of aromatic nitrogens is 3. The number of carboxylic acids is 1. The number of rotatable bonds is 5. The maximum absolute atomic E-state index is 12.6. The highest BCUT2D eigenvalue weighted by Crippen LogP contribution is 2.40. The number of nitrogens with zero attached hydrogens (tertiary/aromatic N) is 4. The van der Waals surface area contributed by atoms with Crippen LogP contribution in [0.5, 0.6) is 5.75 Å². The van der Waals surface area contributed by atoms with Gasteiger partial charge in [0.1, 0.15) is 11.3 Å². The third-order valence-corrected chi connectivity index (χ3v) is 6.76. The predicted molar refractivity (Wildman–Crippen MR) is 129 cm³/mol. The van der Waals surface area contributed by atoms with Gasteiger partial charge in [0.15, 0.2) is 5.43 Å². The van der Waals surface area contributed by atoms with E-state index in [-0.39, 0.29) is 11.6 Å². The topological polar surface area (TPSA) is 102 Å². The van der Waals surface area contributed by atoms with Gasteiger partial charge in [-0.05, 0) is 57.5 Å². The van der Waals surface area contributed by atoms with E-state index in [0.717, 1.165) is 48.2 Å². The number of hydrogen-bond donors (Lipinski definition) is 2. The summed E-state index contributed by atoms with van der Waals surface area (Å²) in [5.41, 5.74) is 3.73. The Bertz CT molecular complexity index is 1300. The zero-order valence-corrected chi connectivity index (χ0v) is 19.6. The van der Waals surface area contributed by atoms with Gasteiger partial charge in [0, 0.05) is 41.2 Å². The average Bonchev–Trinajstić information content (AvgIpc) is 3.33. The minimum absolute atomic E-state index is 0.0873. The minimum Gasteiger partial charge on any atom is -0.496 e. The zero-order valence-electron chi connectivity index (χ0n) is 19.6. The van der Waals surface area contributed by atoms with Crippen LogP contribution in [0, 0.1) is 0 Å². The number of ether oxygens (including phenoxy) is 1. The Morgan fingerprint density at radius 3 is 2.62 bits per heavy atom. The van der Waals surface area contributed by atoms with Crippen LogP contribution in [0.15, 0.2) is 41.6 Å².